The summed E-state index contributed by atoms with van der Waals surface area (Å²) in [5.41, 5.74) is 1.60. The van der Waals surface area contributed by atoms with Gasteiger partial charge in [0.25, 0.3) is 5.69 Å². The second-order valence-electron chi connectivity index (χ2n) is 2.73. The predicted molar refractivity (Wildman–Crippen MR) is 49.7 cm³/mol. The van der Waals surface area contributed by atoms with Crippen LogP contribution >= 0.6 is 11.6 Å². The van der Waals surface area contributed by atoms with Crippen LogP contribution in [0.1, 0.15) is 5.56 Å². The van der Waals surface area contributed by atoms with Gasteiger partial charge in [0.15, 0.2) is 0 Å². The predicted octanol–water partition coefficient (Wildman–Crippen LogP) is 2.42. The van der Waals surface area contributed by atoms with Gasteiger partial charge in [0.05, 0.1) is 10.6 Å². The largest absolute Gasteiger partial charge is 0.271 e. The molecule has 4 nitrogen and oxygen atoms in total. The Bertz CT molecular complexity index is 420. The van der Waals surface area contributed by atoms with E-state index in [1.807, 2.05) is 0 Å². The van der Waals surface area contributed by atoms with E-state index >= 15 is 0 Å². The van der Waals surface area contributed by atoms with Gasteiger partial charge in [0.2, 0.25) is 0 Å². The average Bonchev–Trinajstić information content (AvgIpc) is 2.42. The van der Waals surface area contributed by atoms with Crippen LogP contribution in [-0.4, -0.2) is 10.1 Å². The van der Waals surface area contributed by atoms with Gasteiger partial charge in [-0.25, -0.2) is 4.99 Å². The Morgan fingerprint density at radius 3 is 2.86 bits per heavy atom. The van der Waals surface area contributed by atoms with Crippen molar-refractivity contribution in [3.63, 3.8) is 0 Å². The first-order chi connectivity index (χ1) is 6.16. The second kappa shape index (κ2) is 4.47. The summed E-state index contributed by atoms with van der Waals surface area (Å²) in [5.74, 6) is 0. The molecule has 6 heteroatoms. The van der Waals surface area contributed by atoms with Crippen LogP contribution in [0.25, 0.3) is 0 Å². The number of benzene rings is 1. The minimum atomic E-state index is -0.442. The smallest absolute Gasteiger partial charge is 0.258 e. The first kappa shape index (κ1) is 11.8. The molecule has 69 valence electrons. The van der Waals surface area contributed by atoms with E-state index in [0.717, 1.165) is 5.56 Å². The fourth-order valence-electron chi connectivity index (χ4n) is 1.25. The van der Waals surface area contributed by atoms with E-state index in [9.17, 15) is 10.1 Å². The number of halogens is 1. The van der Waals surface area contributed by atoms with Crippen molar-refractivity contribution in [3.05, 3.63) is 33.9 Å². The second-order valence-corrected chi connectivity index (χ2v) is 3.17. The quantitative estimate of drug-likeness (QED) is 0.588. The number of non-ortho nitro benzene ring substituents is 1. The topological polar surface area (TPSA) is 55.5 Å². The van der Waals surface area contributed by atoms with Crippen LogP contribution in [-0.2, 0) is 39.1 Å². The maximum Gasteiger partial charge on any atom is 0.271 e. The molecule has 0 saturated heterocycles. The van der Waals surface area contributed by atoms with Crippen molar-refractivity contribution >= 4 is 28.1 Å². The zero-order valence-corrected chi connectivity index (χ0v) is 10.7. The third-order valence-electron chi connectivity index (χ3n) is 1.86. The van der Waals surface area contributed by atoms with Gasteiger partial charge >= 0.3 is 0 Å². The summed E-state index contributed by atoms with van der Waals surface area (Å²) in [6.45, 7) is 0. The fourth-order valence-corrected chi connectivity index (χ4v) is 1.48. The zero-order valence-electron chi connectivity index (χ0n) is 7.11. The van der Waals surface area contributed by atoms with Crippen molar-refractivity contribution in [1.82, 2.24) is 0 Å². The Morgan fingerprint density at radius 1 is 1.50 bits per heavy atom. The number of aliphatic imine (C=N–C) groups is 1. The van der Waals surface area contributed by atoms with Gasteiger partial charge in [-0.3, -0.25) is 10.1 Å². The van der Waals surface area contributed by atoms with Gasteiger partial charge in [0.1, 0.15) is 5.17 Å². The van der Waals surface area contributed by atoms with Crippen molar-refractivity contribution in [2.75, 3.05) is 0 Å². The number of fused-ring (bicyclic) bond motifs is 1. The van der Waals surface area contributed by atoms with Gasteiger partial charge in [-0.05, 0) is 11.6 Å². The van der Waals surface area contributed by atoms with E-state index < -0.39 is 4.92 Å². The van der Waals surface area contributed by atoms with Crippen molar-refractivity contribution in [2.24, 2.45) is 4.99 Å². The summed E-state index contributed by atoms with van der Waals surface area (Å²) in [4.78, 5) is 13.9. The third-order valence-corrected chi connectivity index (χ3v) is 2.08. The first-order valence-electron chi connectivity index (χ1n) is 3.67. The van der Waals surface area contributed by atoms with E-state index in [1.54, 1.807) is 6.07 Å². The molecule has 14 heavy (non-hydrogen) atoms. The number of nitro groups is 1. The molecule has 0 aliphatic carbocycles. The van der Waals surface area contributed by atoms with E-state index in [1.165, 1.54) is 12.1 Å². The SMILES string of the molecule is O=[N+]([O-])c1ccc2c(c1)N=C(Cl)C2.[Y]. The van der Waals surface area contributed by atoms with Crippen LogP contribution in [0.2, 0.25) is 0 Å². The molecule has 1 aliphatic rings. The van der Waals surface area contributed by atoms with E-state index in [0.29, 0.717) is 17.3 Å². The molecule has 0 bridgehead atoms. The van der Waals surface area contributed by atoms with Crippen LogP contribution in [0, 0.1) is 10.1 Å². The van der Waals surface area contributed by atoms with Crippen LogP contribution in [0.15, 0.2) is 23.2 Å². The molecule has 1 radical (unpaired) electrons. The molecule has 0 unspecified atom stereocenters. The normalized spacial score (nSPS) is 12.8. The number of nitro benzene ring substituents is 1. The van der Waals surface area contributed by atoms with Gasteiger partial charge in [0, 0.05) is 51.3 Å². The van der Waals surface area contributed by atoms with Gasteiger partial charge < -0.3 is 0 Å². The molecule has 1 heterocycles. The van der Waals surface area contributed by atoms with Crippen LogP contribution < -0.4 is 0 Å². The molecule has 0 spiro atoms. The standard InChI is InChI=1S/C8H5ClN2O2.Y/c9-8-3-5-1-2-6(11(12)13)4-7(5)10-8;/h1-2,4H,3H2;. The molecule has 0 saturated carbocycles. The molecule has 1 aliphatic heterocycles. The van der Waals surface area contributed by atoms with Crippen molar-refractivity contribution in [1.29, 1.82) is 0 Å². The molecule has 1 aromatic carbocycles. The zero-order chi connectivity index (χ0) is 9.42. The number of hydrogen-bond acceptors (Lipinski definition) is 3. The van der Waals surface area contributed by atoms with Crippen LogP contribution in [0.4, 0.5) is 11.4 Å². The number of rotatable bonds is 1. The summed E-state index contributed by atoms with van der Waals surface area (Å²) in [6, 6.07) is 4.58. The Hall–Kier alpha value is -0.316. The Kier molecular flexibility index (Phi) is 3.75. The van der Waals surface area contributed by atoms with E-state index in [4.69, 9.17) is 11.6 Å². The summed E-state index contributed by atoms with van der Waals surface area (Å²) in [7, 11) is 0. The molecule has 2 rings (SSSR count). The van der Waals surface area contributed by atoms with Gasteiger partial charge in [-0.1, -0.05) is 11.6 Å². The minimum absolute atomic E-state index is 0. The van der Waals surface area contributed by atoms with Crippen molar-refractivity contribution in [3.8, 4) is 0 Å². The number of hydrogen-bond donors (Lipinski definition) is 0. The molecule has 0 atom stereocenters. The Labute approximate surface area is 110 Å². The van der Waals surface area contributed by atoms with E-state index in [2.05, 4.69) is 4.99 Å². The maximum atomic E-state index is 10.4. The fraction of sp³-hybridized carbons (Fsp3) is 0.125. The number of nitrogens with zero attached hydrogens (tertiary/aromatic N) is 2. The molecule has 0 aromatic heterocycles. The monoisotopic (exact) mass is 285 g/mol. The summed E-state index contributed by atoms with van der Waals surface area (Å²) in [5, 5.41) is 10.9. The van der Waals surface area contributed by atoms with Crippen molar-refractivity contribution < 1.29 is 37.6 Å². The van der Waals surface area contributed by atoms with Gasteiger partial charge in [-0.2, -0.15) is 0 Å². The first-order valence-corrected chi connectivity index (χ1v) is 4.05. The molecular weight excluding hydrogens is 280 g/mol. The molecule has 0 N–H and O–H groups in total. The summed E-state index contributed by atoms with van der Waals surface area (Å²) in [6.07, 6.45) is 0.578. The molecule has 0 amide bonds. The summed E-state index contributed by atoms with van der Waals surface area (Å²) < 4.78 is 0. The Balaban J connectivity index is 0.000000980. The third kappa shape index (κ3) is 2.19. The summed E-state index contributed by atoms with van der Waals surface area (Å²) >= 11 is 5.69. The van der Waals surface area contributed by atoms with Crippen molar-refractivity contribution in [2.45, 2.75) is 6.42 Å². The minimum Gasteiger partial charge on any atom is -0.258 e. The van der Waals surface area contributed by atoms with E-state index in [-0.39, 0.29) is 38.4 Å². The molecular formula is C8H5ClN2O2Y. The average molecular weight is 285 g/mol. The van der Waals surface area contributed by atoms with Crippen LogP contribution in [0.5, 0.6) is 0 Å². The Morgan fingerprint density at radius 2 is 2.21 bits per heavy atom. The molecule has 0 fully saturated rings. The molecule has 1 aromatic rings. The van der Waals surface area contributed by atoms with Crippen LogP contribution in [0.3, 0.4) is 0 Å². The van der Waals surface area contributed by atoms with Gasteiger partial charge in [-0.15, -0.1) is 0 Å². The maximum absolute atomic E-state index is 10.4.